The first-order chi connectivity index (χ1) is 8.72. The zero-order chi connectivity index (χ0) is 13.2. The van der Waals surface area contributed by atoms with Gasteiger partial charge in [0, 0.05) is 13.0 Å². The highest BCUT2D eigenvalue weighted by Crippen LogP contribution is 2.05. The minimum Gasteiger partial charge on any atom is -0.352 e. The Balaban J connectivity index is 2.11. The van der Waals surface area contributed by atoms with Gasteiger partial charge in [0.15, 0.2) is 0 Å². The third-order valence-corrected chi connectivity index (χ3v) is 2.91. The van der Waals surface area contributed by atoms with Crippen molar-refractivity contribution in [3.05, 3.63) is 35.6 Å². The normalized spacial score (nSPS) is 10.3. The minimum atomic E-state index is -0.249. The van der Waals surface area contributed by atoms with Crippen molar-refractivity contribution < 1.29 is 9.18 Å². The summed E-state index contributed by atoms with van der Waals surface area (Å²) in [6, 6.07) is 6.20. The van der Waals surface area contributed by atoms with Gasteiger partial charge < -0.3 is 5.32 Å². The molecular weight excluding hydrogens is 229 g/mol. The molecule has 0 radical (unpaired) electrons. The fraction of sp³-hybridized carbons (Fsp3) is 0.533. The van der Waals surface area contributed by atoms with Gasteiger partial charge in [-0.05, 0) is 24.1 Å². The summed E-state index contributed by atoms with van der Waals surface area (Å²) in [5, 5.41) is 2.85. The Bertz CT molecular complexity index is 348. The lowest BCUT2D eigenvalue weighted by molar-refractivity contribution is -0.121. The number of rotatable bonds is 8. The van der Waals surface area contributed by atoms with Crippen molar-refractivity contribution in [2.24, 2.45) is 0 Å². The zero-order valence-corrected chi connectivity index (χ0v) is 11.0. The van der Waals surface area contributed by atoms with Crippen molar-refractivity contribution in [3.8, 4) is 0 Å². The first-order valence-corrected chi connectivity index (χ1v) is 6.73. The SMILES string of the molecule is CCCCCCCC(=O)NCc1ccc(F)cc1. The molecule has 0 aromatic heterocycles. The van der Waals surface area contributed by atoms with E-state index in [1.807, 2.05) is 0 Å². The van der Waals surface area contributed by atoms with E-state index < -0.39 is 0 Å². The van der Waals surface area contributed by atoms with E-state index in [4.69, 9.17) is 0 Å². The number of nitrogens with one attached hydrogen (secondary N) is 1. The first-order valence-electron chi connectivity index (χ1n) is 6.73. The van der Waals surface area contributed by atoms with E-state index in [0.717, 1.165) is 18.4 Å². The average Bonchev–Trinajstić information content (AvgIpc) is 2.38. The van der Waals surface area contributed by atoms with Crippen LogP contribution in [0.25, 0.3) is 0 Å². The molecule has 0 atom stereocenters. The summed E-state index contributed by atoms with van der Waals surface area (Å²) < 4.78 is 12.7. The molecule has 3 heteroatoms. The Kier molecular flexibility index (Phi) is 7.07. The highest BCUT2D eigenvalue weighted by Gasteiger charge is 2.01. The van der Waals surface area contributed by atoms with Gasteiger partial charge in [-0.1, -0.05) is 44.7 Å². The van der Waals surface area contributed by atoms with Crippen LogP contribution < -0.4 is 5.32 Å². The lowest BCUT2D eigenvalue weighted by atomic mass is 10.1. The summed E-state index contributed by atoms with van der Waals surface area (Å²) >= 11 is 0. The van der Waals surface area contributed by atoms with Crippen LogP contribution in [0.1, 0.15) is 51.0 Å². The Morgan fingerprint density at radius 1 is 1.11 bits per heavy atom. The van der Waals surface area contributed by atoms with Gasteiger partial charge in [-0.3, -0.25) is 4.79 Å². The fourth-order valence-corrected chi connectivity index (χ4v) is 1.78. The van der Waals surface area contributed by atoms with Gasteiger partial charge in [0.05, 0.1) is 0 Å². The molecule has 1 aromatic rings. The number of halogens is 1. The third-order valence-electron chi connectivity index (χ3n) is 2.91. The highest BCUT2D eigenvalue weighted by molar-refractivity contribution is 5.75. The first kappa shape index (κ1) is 14.7. The average molecular weight is 251 g/mol. The van der Waals surface area contributed by atoms with Crippen LogP contribution in [0.5, 0.6) is 0 Å². The number of amides is 1. The standard InChI is InChI=1S/C15H22FNO/c1-2-3-4-5-6-7-15(18)17-12-13-8-10-14(16)11-9-13/h8-11H,2-7,12H2,1H3,(H,17,18). The molecule has 1 N–H and O–H groups in total. The molecule has 0 saturated carbocycles. The van der Waals surface area contributed by atoms with Gasteiger partial charge in [-0.2, -0.15) is 0 Å². The van der Waals surface area contributed by atoms with Crippen LogP contribution in [-0.2, 0) is 11.3 Å². The molecule has 0 fully saturated rings. The Morgan fingerprint density at radius 3 is 2.44 bits per heavy atom. The topological polar surface area (TPSA) is 29.1 Å². The van der Waals surface area contributed by atoms with Crippen LogP contribution in [0.2, 0.25) is 0 Å². The zero-order valence-electron chi connectivity index (χ0n) is 11.0. The van der Waals surface area contributed by atoms with Crippen molar-refractivity contribution in [1.29, 1.82) is 0 Å². The molecule has 18 heavy (non-hydrogen) atoms. The second-order valence-corrected chi connectivity index (χ2v) is 4.57. The molecule has 0 aliphatic rings. The minimum absolute atomic E-state index is 0.0795. The van der Waals surface area contributed by atoms with E-state index >= 15 is 0 Å². The van der Waals surface area contributed by atoms with Crippen LogP contribution in [-0.4, -0.2) is 5.91 Å². The summed E-state index contributed by atoms with van der Waals surface area (Å²) in [6.07, 6.45) is 6.34. The number of hydrogen-bond donors (Lipinski definition) is 1. The van der Waals surface area contributed by atoms with Crippen LogP contribution in [0.3, 0.4) is 0 Å². The molecule has 0 aliphatic heterocycles. The Morgan fingerprint density at radius 2 is 1.78 bits per heavy atom. The third kappa shape index (κ3) is 6.38. The van der Waals surface area contributed by atoms with Gasteiger partial charge >= 0.3 is 0 Å². The quantitative estimate of drug-likeness (QED) is 0.699. The van der Waals surface area contributed by atoms with Gasteiger partial charge in [0.25, 0.3) is 0 Å². The maximum atomic E-state index is 12.7. The molecule has 0 aliphatic carbocycles. The van der Waals surface area contributed by atoms with Gasteiger partial charge in [0.2, 0.25) is 5.91 Å². The number of benzene rings is 1. The fourth-order valence-electron chi connectivity index (χ4n) is 1.78. The van der Waals surface area contributed by atoms with E-state index in [0.29, 0.717) is 13.0 Å². The second kappa shape index (κ2) is 8.67. The summed E-state index contributed by atoms with van der Waals surface area (Å²) in [5.41, 5.74) is 0.927. The largest absolute Gasteiger partial charge is 0.352 e. The molecule has 100 valence electrons. The van der Waals surface area contributed by atoms with E-state index in [9.17, 15) is 9.18 Å². The Hall–Kier alpha value is -1.38. The van der Waals surface area contributed by atoms with Crippen LogP contribution in [0, 0.1) is 5.82 Å². The number of unbranched alkanes of at least 4 members (excludes halogenated alkanes) is 4. The summed E-state index contributed by atoms with van der Waals surface area (Å²) in [5.74, 6) is -0.170. The smallest absolute Gasteiger partial charge is 0.220 e. The summed E-state index contributed by atoms with van der Waals surface area (Å²) in [4.78, 5) is 11.5. The lowest BCUT2D eigenvalue weighted by Gasteiger charge is -2.05. The van der Waals surface area contributed by atoms with Crippen molar-refractivity contribution in [3.63, 3.8) is 0 Å². The number of carbonyl (C=O) groups is 1. The molecule has 0 spiro atoms. The monoisotopic (exact) mass is 251 g/mol. The summed E-state index contributed by atoms with van der Waals surface area (Å²) in [6.45, 7) is 2.66. The maximum Gasteiger partial charge on any atom is 0.220 e. The van der Waals surface area contributed by atoms with Gasteiger partial charge in [-0.25, -0.2) is 4.39 Å². The van der Waals surface area contributed by atoms with Crippen molar-refractivity contribution in [1.82, 2.24) is 5.32 Å². The van der Waals surface area contributed by atoms with Crippen molar-refractivity contribution >= 4 is 5.91 Å². The predicted molar refractivity (Wildman–Crippen MR) is 71.6 cm³/mol. The van der Waals surface area contributed by atoms with Crippen LogP contribution >= 0.6 is 0 Å². The molecule has 0 saturated heterocycles. The Labute approximate surface area is 109 Å². The molecule has 2 nitrogen and oxygen atoms in total. The van der Waals surface area contributed by atoms with Crippen molar-refractivity contribution in [2.75, 3.05) is 0 Å². The molecule has 1 rings (SSSR count). The second-order valence-electron chi connectivity index (χ2n) is 4.57. The van der Waals surface area contributed by atoms with Crippen LogP contribution in [0.15, 0.2) is 24.3 Å². The van der Waals surface area contributed by atoms with Gasteiger partial charge in [0.1, 0.15) is 5.82 Å². The van der Waals surface area contributed by atoms with Crippen molar-refractivity contribution in [2.45, 2.75) is 52.0 Å². The maximum absolute atomic E-state index is 12.7. The summed E-state index contributed by atoms with van der Waals surface area (Å²) in [7, 11) is 0. The van der Waals surface area contributed by atoms with Gasteiger partial charge in [-0.15, -0.1) is 0 Å². The predicted octanol–water partition coefficient (Wildman–Crippen LogP) is 3.80. The van der Waals surface area contributed by atoms with Crippen LogP contribution in [0.4, 0.5) is 4.39 Å². The lowest BCUT2D eigenvalue weighted by Crippen LogP contribution is -2.22. The number of hydrogen-bond acceptors (Lipinski definition) is 1. The van der Waals surface area contributed by atoms with E-state index in [1.165, 1.54) is 31.4 Å². The molecule has 0 heterocycles. The number of carbonyl (C=O) groups excluding carboxylic acids is 1. The molecule has 1 aromatic carbocycles. The highest BCUT2D eigenvalue weighted by atomic mass is 19.1. The molecule has 1 amide bonds. The van der Waals surface area contributed by atoms with E-state index in [2.05, 4.69) is 12.2 Å². The molecule has 0 bridgehead atoms. The van der Waals surface area contributed by atoms with E-state index in [-0.39, 0.29) is 11.7 Å². The molecule has 0 unspecified atom stereocenters. The van der Waals surface area contributed by atoms with E-state index in [1.54, 1.807) is 12.1 Å². The molecular formula is C15H22FNO.